The summed E-state index contributed by atoms with van der Waals surface area (Å²) in [6, 6.07) is 2.23. The maximum Gasteiger partial charge on any atom is 0.340 e. The SMILES string of the molecule is CCCCC[C@H](C)Nc1ncc2c(C(=O)OCC)cc(C3CCC4(CC3)OCCO4)n2n1. The molecule has 1 N–H and O–H groups in total. The second-order valence-corrected chi connectivity index (χ2v) is 9.01. The molecule has 1 aliphatic carbocycles. The highest BCUT2D eigenvalue weighted by Crippen LogP contribution is 2.43. The zero-order chi connectivity index (χ0) is 22.6. The van der Waals surface area contributed by atoms with E-state index in [1.54, 1.807) is 6.20 Å². The molecule has 0 amide bonds. The number of carbonyl (C=O) groups is 1. The fraction of sp³-hybridized carbons (Fsp3) is 0.708. The first-order valence-corrected chi connectivity index (χ1v) is 12.2. The average molecular weight is 445 g/mol. The summed E-state index contributed by atoms with van der Waals surface area (Å²) in [6.45, 7) is 7.86. The van der Waals surface area contributed by atoms with Gasteiger partial charge in [-0.2, -0.15) is 0 Å². The summed E-state index contributed by atoms with van der Waals surface area (Å²) in [6.07, 6.45) is 9.98. The van der Waals surface area contributed by atoms with Crippen LogP contribution in [0.25, 0.3) is 5.52 Å². The quantitative estimate of drug-likeness (QED) is 0.443. The lowest BCUT2D eigenvalue weighted by molar-refractivity contribution is -0.179. The van der Waals surface area contributed by atoms with Crippen LogP contribution >= 0.6 is 0 Å². The first-order chi connectivity index (χ1) is 15.5. The topological polar surface area (TPSA) is 87.0 Å². The summed E-state index contributed by atoms with van der Waals surface area (Å²) in [5.41, 5.74) is 2.24. The molecule has 8 heteroatoms. The molecule has 1 atom stereocenters. The van der Waals surface area contributed by atoms with Crippen molar-refractivity contribution in [3.8, 4) is 0 Å². The number of unbranched alkanes of at least 4 members (excludes halogenated alkanes) is 2. The van der Waals surface area contributed by atoms with Crippen LogP contribution < -0.4 is 5.32 Å². The van der Waals surface area contributed by atoms with E-state index in [0.717, 1.165) is 37.8 Å². The van der Waals surface area contributed by atoms with Crippen LogP contribution in [0.3, 0.4) is 0 Å². The molecule has 1 saturated heterocycles. The Hall–Kier alpha value is -2.19. The fourth-order valence-electron chi connectivity index (χ4n) is 4.88. The molecule has 1 spiro atoms. The van der Waals surface area contributed by atoms with E-state index >= 15 is 0 Å². The Labute approximate surface area is 190 Å². The third-order valence-electron chi connectivity index (χ3n) is 6.64. The number of fused-ring (bicyclic) bond motifs is 1. The van der Waals surface area contributed by atoms with Crippen LogP contribution in [-0.4, -0.2) is 52.2 Å². The molecule has 8 nitrogen and oxygen atoms in total. The summed E-state index contributed by atoms with van der Waals surface area (Å²) in [4.78, 5) is 17.1. The first-order valence-electron chi connectivity index (χ1n) is 12.2. The third kappa shape index (κ3) is 4.91. The molecule has 32 heavy (non-hydrogen) atoms. The van der Waals surface area contributed by atoms with Crippen molar-refractivity contribution in [3.05, 3.63) is 23.5 Å². The van der Waals surface area contributed by atoms with E-state index in [0.29, 0.717) is 36.8 Å². The Morgan fingerprint density at radius 1 is 1.28 bits per heavy atom. The van der Waals surface area contributed by atoms with E-state index in [1.807, 2.05) is 17.5 Å². The summed E-state index contributed by atoms with van der Waals surface area (Å²) in [5.74, 6) is 0.115. The molecule has 1 aliphatic heterocycles. The predicted octanol–water partition coefficient (Wildman–Crippen LogP) is 4.69. The van der Waals surface area contributed by atoms with Gasteiger partial charge in [0.05, 0.1) is 37.1 Å². The van der Waals surface area contributed by atoms with Gasteiger partial charge in [0, 0.05) is 30.5 Å². The highest BCUT2D eigenvalue weighted by Gasteiger charge is 2.41. The van der Waals surface area contributed by atoms with Gasteiger partial charge < -0.3 is 19.5 Å². The maximum absolute atomic E-state index is 12.6. The highest BCUT2D eigenvalue weighted by atomic mass is 16.7. The molecule has 0 aromatic carbocycles. The van der Waals surface area contributed by atoms with Crippen LogP contribution in [0.1, 0.15) is 94.1 Å². The van der Waals surface area contributed by atoms with Crippen molar-refractivity contribution in [3.63, 3.8) is 0 Å². The van der Waals surface area contributed by atoms with E-state index in [2.05, 4.69) is 24.1 Å². The van der Waals surface area contributed by atoms with Gasteiger partial charge in [-0.05, 0) is 39.2 Å². The fourth-order valence-corrected chi connectivity index (χ4v) is 4.88. The molecule has 2 aliphatic rings. The van der Waals surface area contributed by atoms with Crippen LogP contribution in [0.15, 0.2) is 12.3 Å². The van der Waals surface area contributed by atoms with Crippen molar-refractivity contribution in [2.75, 3.05) is 25.1 Å². The van der Waals surface area contributed by atoms with E-state index in [4.69, 9.17) is 19.3 Å². The van der Waals surface area contributed by atoms with Gasteiger partial charge in [-0.15, -0.1) is 5.10 Å². The maximum atomic E-state index is 12.6. The zero-order valence-electron chi connectivity index (χ0n) is 19.6. The lowest BCUT2D eigenvalue weighted by Crippen LogP contribution is -2.34. The lowest BCUT2D eigenvalue weighted by Gasteiger charge is -2.35. The van der Waals surface area contributed by atoms with E-state index in [-0.39, 0.29) is 17.9 Å². The van der Waals surface area contributed by atoms with Gasteiger partial charge >= 0.3 is 5.97 Å². The Morgan fingerprint density at radius 2 is 2.03 bits per heavy atom. The number of ether oxygens (including phenoxy) is 3. The molecule has 2 aromatic rings. The van der Waals surface area contributed by atoms with Crippen LogP contribution in [0, 0.1) is 0 Å². The lowest BCUT2D eigenvalue weighted by atomic mass is 9.83. The van der Waals surface area contributed by atoms with Crippen molar-refractivity contribution in [2.45, 2.75) is 89.9 Å². The number of nitrogens with one attached hydrogen (secondary N) is 1. The Kier molecular flexibility index (Phi) is 7.30. The van der Waals surface area contributed by atoms with Crippen molar-refractivity contribution < 1.29 is 19.0 Å². The minimum absolute atomic E-state index is 0.272. The van der Waals surface area contributed by atoms with Gasteiger partial charge in [0.2, 0.25) is 5.95 Å². The van der Waals surface area contributed by atoms with Gasteiger partial charge in [-0.3, -0.25) is 0 Å². The molecule has 0 radical (unpaired) electrons. The van der Waals surface area contributed by atoms with Gasteiger partial charge in [0.15, 0.2) is 5.79 Å². The largest absolute Gasteiger partial charge is 0.462 e. The van der Waals surface area contributed by atoms with Gasteiger partial charge in [-0.25, -0.2) is 14.3 Å². The molecule has 1 saturated carbocycles. The molecule has 3 heterocycles. The summed E-state index contributed by atoms with van der Waals surface area (Å²) in [5, 5.41) is 8.22. The Morgan fingerprint density at radius 3 is 2.72 bits per heavy atom. The molecule has 2 fully saturated rings. The number of carbonyl (C=O) groups excluding carboxylic acids is 1. The Balaban J connectivity index is 1.59. The predicted molar refractivity (Wildman–Crippen MR) is 122 cm³/mol. The van der Waals surface area contributed by atoms with Crippen LogP contribution in [0.5, 0.6) is 0 Å². The van der Waals surface area contributed by atoms with E-state index in [9.17, 15) is 4.79 Å². The van der Waals surface area contributed by atoms with Gasteiger partial charge in [0.1, 0.15) is 0 Å². The molecule has 2 aromatic heterocycles. The normalized spacial score (nSPS) is 19.5. The van der Waals surface area contributed by atoms with Crippen LogP contribution in [-0.2, 0) is 14.2 Å². The second kappa shape index (κ2) is 10.2. The van der Waals surface area contributed by atoms with Gasteiger partial charge in [0.25, 0.3) is 0 Å². The first kappa shape index (κ1) is 23.0. The minimum Gasteiger partial charge on any atom is -0.462 e. The number of esters is 1. The molecular formula is C24H36N4O4. The number of nitrogens with zero attached hydrogens (tertiary/aromatic N) is 3. The number of anilines is 1. The van der Waals surface area contributed by atoms with Crippen molar-refractivity contribution in [1.29, 1.82) is 0 Å². The van der Waals surface area contributed by atoms with Crippen molar-refractivity contribution in [1.82, 2.24) is 14.6 Å². The Bertz CT molecular complexity index is 912. The average Bonchev–Trinajstić information content (AvgIpc) is 3.40. The molecule has 176 valence electrons. The molecular weight excluding hydrogens is 408 g/mol. The zero-order valence-corrected chi connectivity index (χ0v) is 19.6. The molecule has 4 rings (SSSR count). The van der Waals surface area contributed by atoms with E-state index < -0.39 is 5.79 Å². The number of aromatic nitrogens is 3. The number of hydrogen-bond acceptors (Lipinski definition) is 7. The number of rotatable bonds is 9. The van der Waals surface area contributed by atoms with Crippen LogP contribution in [0.2, 0.25) is 0 Å². The van der Waals surface area contributed by atoms with Crippen molar-refractivity contribution >= 4 is 17.4 Å². The molecule has 0 bridgehead atoms. The van der Waals surface area contributed by atoms with Crippen LogP contribution in [0.4, 0.5) is 5.95 Å². The number of hydrogen-bond donors (Lipinski definition) is 1. The molecule has 0 unspecified atom stereocenters. The smallest absolute Gasteiger partial charge is 0.340 e. The standard InChI is InChI=1S/C24H36N4O4/c1-4-6-7-8-17(3)26-23-25-16-21-19(22(29)30-5-2)15-20(28(21)27-23)18-9-11-24(12-10-18)31-13-14-32-24/h15-18H,4-14H2,1-3H3,(H,26,27)/t17-/m0/s1. The summed E-state index contributed by atoms with van der Waals surface area (Å²) < 4.78 is 19.0. The second-order valence-electron chi connectivity index (χ2n) is 9.01. The third-order valence-corrected chi connectivity index (χ3v) is 6.64. The van der Waals surface area contributed by atoms with E-state index in [1.165, 1.54) is 19.3 Å². The van der Waals surface area contributed by atoms with Crippen molar-refractivity contribution in [2.24, 2.45) is 0 Å². The minimum atomic E-state index is -0.414. The van der Waals surface area contributed by atoms with Gasteiger partial charge in [-0.1, -0.05) is 26.2 Å². The monoisotopic (exact) mass is 444 g/mol. The summed E-state index contributed by atoms with van der Waals surface area (Å²) in [7, 11) is 0. The highest BCUT2D eigenvalue weighted by molar-refractivity contribution is 5.97. The summed E-state index contributed by atoms with van der Waals surface area (Å²) >= 11 is 0.